The SMILES string of the molecule is CN(CC1=CCC=C1)C(=N)N=C(N)N. The monoisotopic (exact) mass is 193 g/mol. The van der Waals surface area contributed by atoms with E-state index in [0.717, 1.165) is 6.42 Å². The minimum absolute atomic E-state index is 0.0752. The van der Waals surface area contributed by atoms with Crippen molar-refractivity contribution in [1.82, 2.24) is 4.90 Å². The van der Waals surface area contributed by atoms with Crippen molar-refractivity contribution >= 4 is 11.9 Å². The molecule has 0 saturated carbocycles. The fourth-order valence-electron chi connectivity index (χ4n) is 1.18. The van der Waals surface area contributed by atoms with E-state index in [-0.39, 0.29) is 11.9 Å². The van der Waals surface area contributed by atoms with Gasteiger partial charge in [-0.2, -0.15) is 4.99 Å². The summed E-state index contributed by atoms with van der Waals surface area (Å²) in [5, 5.41) is 7.52. The summed E-state index contributed by atoms with van der Waals surface area (Å²) < 4.78 is 0. The Morgan fingerprint density at radius 3 is 2.86 bits per heavy atom. The smallest absolute Gasteiger partial charge is 0.221 e. The van der Waals surface area contributed by atoms with E-state index in [1.807, 2.05) is 6.08 Å². The molecule has 0 fully saturated rings. The van der Waals surface area contributed by atoms with E-state index < -0.39 is 0 Å². The average molecular weight is 193 g/mol. The minimum Gasteiger partial charge on any atom is -0.370 e. The van der Waals surface area contributed by atoms with E-state index in [9.17, 15) is 0 Å². The number of nitrogens with zero attached hydrogens (tertiary/aromatic N) is 2. The number of nitrogens with two attached hydrogens (primary N) is 2. The maximum atomic E-state index is 7.52. The van der Waals surface area contributed by atoms with Gasteiger partial charge in [0.15, 0.2) is 5.96 Å². The topological polar surface area (TPSA) is 91.5 Å². The highest BCUT2D eigenvalue weighted by molar-refractivity contribution is 5.91. The van der Waals surface area contributed by atoms with Gasteiger partial charge in [-0.25, -0.2) is 0 Å². The zero-order valence-electron chi connectivity index (χ0n) is 8.20. The van der Waals surface area contributed by atoms with Gasteiger partial charge in [0.2, 0.25) is 5.96 Å². The van der Waals surface area contributed by atoms with Gasteiger partial charge in [-0.3, -0.25) is 5.41 Å². The fourth-order valence-corrected chi connectivity index (χ4v) is 1.18. The summed E-state index contributed by atoms with van der Waals surface area (Å²) in [5.41, 5.74) is 11.5. The second-order valence-corrected chi connectivity index (χ2v) is 3.13. The maximum absolute atomic E-state index is 7.52. The van der Waals surface area contributed by atoms with Crippen LogP contribution < -0.4 is 11.5 Å². The molecule has 5 heteroatoms. The lowest BCUT2D eigenvalue weighted by Crippen LogP contribution is -2.31. The molecule has 1 aliphatic rings. The molecule has 1 rings (SSSR count). The van der Waals surface area contributed by atoms with Gasteiger partial charge >= 0.3 is 0 Å². The molecule has 0 aromatic rings. The largest absolute Gasteiger partial charge is 0.370 e. The van der Waals surface area contributed by atoms with Crippen LogP contribution in [0.5, 0.6) is 0 Å². The van der Waals surface area contributed by atoms with Crippen molar-refractivity contribution in [2.45, 2.75) is 6.42 Å². The molecule has 0 aliphatic heterocycles. The highest BCUT2D eigenvalue weighted by atomic mass is 15.2. The highest BCUT2D eigenvalue weighted by Gasteiger charge is 2.06. The Hall–Kier alpha value is -1.78. The van der Waals surface area contributed by atoms with Crippen LogP contribution in [-0.4, -0.2) is 30.4 Å². The normalized spacial score (nSPS) is 13.6. The molecule has 0 heterocycles. The third-order valence-electron chi connectivity index (χ3n) is 1.86. The van der Waals surface area contributed by atoms with Crippen LogP contribution in [0.15, 0.2) is 28.8 Å². The number of guanidine groups is 2. The summed E-state index contributed by atoms with van der Waals surface area (Å²) in [4.78, 5) is 5.33. The van der Waals surface area contributed by atoms with Gasteiger partial charge in [0.05, 0.1) is 0 Å². The fraction of sp³-hybridized carbons (Fsp3) is 0.333. The van der Waals surface area contributed by atoms with Gasteiger partial charge in [-0.05, 0) is 12.0 Å². The van der Waals surface area contributed by atoms with Gasteiger partial charge in [-0.15, -0.1) is 0 Å². The standard InChI is InChI=1S/C9H15N5/c1-14(9(12)13-8(10)11)6-7-4-2-3-5-7/h2,4-5H,3,6H2,1H3,(H5,10,11,12,13). The lowest BCUT2D eigenvalue weighted by molar-refractivity contribution is 0.544. The quantitative estimate of drug-likeness (QED) is 0.426. The third-order valence-corrected chi connectivity index (χ3v) is 1.86. The van der Waals surface area contributed by atoms with Crippen LogP contribution in [0.3, 0.4) is 0 Å². The van der Waals surface area contributed by atoms with Crippen LogP contribution in [0, 0.1) is 5.41 Å². The molecule has 0 atom stereocenters. The molecule has 0 bridgehead atoms. The lowest BCUT2D eigenvalue weighted by atomic mass is 10.3. The summed E-state index contributed by atoms with van der Waals surface area (Å²) in [6, 6.07) is 0. The Morgan fingerprint density at radius 2 is 2.36 bits per heavy atom. The molecule has 0 unspecified atom stereocenters. The lowest BCUT2D eigenvalue weighted by Gasteiger charge is -2.16. The number of hydrogen-bond donors (Lipinski definition) is 3. The predicted molar refractivity (Wildman–Crippen MR) is 58.0 cm³/mol. The molecule has 0 radical (unpaired) electrons. The van der Waals surface area contributed by atoms with Crippen LogP contribution in [0.2, 0.25) is 0 Å². The van der Waals surface area contributed by atoms with E-state index in [0.29, 0.717) is 6.54 Å². The molecular weight excluding hydrogens is 178 g/mol. The van der Waals surface area contributed by atoms with E-state index in [4.69, 9.17) is 16.9 Å². The van der Waals surface area contributed by atoms with Crippen molar-refractivity contribution < 1.29 is 0 Å². The van der Waals surface area contributed by atoms with Crippen LogP contribution in [0.1, 0.15) is 6.42 Å². The Kier molecular flexibility index (Phi) is 3.28. The van der Waals surface area contributed by atoms with E-state index >= 15 is 0 Å². The van der Waals surface area contributed by atoms with Gasteiger partial charge in [0, 0.05) is 13.6 Å². The third kappa shape index (κ3) is 2.93. The maximum Gasteiger partial charge on any atom is 0.221 e. The van der Waals surface area contributed by atoms with Crippen LogP contribution in [-0.2, 0) is 0 Å². The molecule has 76 valence electrons. The molecule has 5 nitrogen and oxygen atoms in total. The van der Waals surface area contributed by atoms with Crippen LogP contribution in [0.25, 0.3) is 0 Å². The van der Waals surface area contributed by atoms with Crippen molar-refractivity contribution in [3.63, 3.8) is 0 Å². The van der Waals surface area contributed by atoms with Crippen molar-refractivity contribution in [2.75, 3.05) is 13.6 Å². The van der Waals surface area contributed by atoms with E-state index in [1.165, 1.54) is 5.57 Å². The number of rotatable bonds is 2. The van der Waals surface area contributed by atoms with Gasteiger partial charge < -0.3 is 16.4 Å². The summed E-state index contributed by atoms with van der Waals surface area (Å²) in [7, 11) is 1.78. The van der Waals surface area contributed by atoms with Crippen molar-refractivity contribution in [2.24, 2.45) is 16.5 Å². The Labute approximate surface area is 83.3 Å². The average Bonchev–Trinajstić information content (AvgIpc) is 2.55. The second kappa shape index (κ2) is 4.45. The van der Waals surface area contributed by atoms with Crippen molar-refractivity contribution in [3.8, 4) is 0 Å². The molecule has 1 aliphatic carbocycles. The van der Waals surface area contributed by atoms with E-state index in [1.54, 1.807) is 11.9 Å². The number of allylic oxidation sites excluding steroid dienone is 2. The number of aliphatic imine (C=N–C) groups is 1. The molecule has 0 saturated heterocycles. The molecule has 14 heavy (non-hydrogen) atoms. The zero-order valence-corrected chi connectivity index (χ0v) is 8.20. The Balaban J connectivity index is 2.49. The first-order chi connectivity index (χ1) is 6.59. The van der Waals surface area contributed by atoms with Crippen LogP contribution in [0.4, 0.5) is 0 Å². The molecular formula is C9H15N5. The van der Waals surface area contributed by atoms with Crippen molar-refractivity contribution in [3.05, 3.63) is 23.8 Å². The van der Waals surface area contributed by atoms with Gasteiger partial charge in [0.1, 0.15) is 0 Å². The summed E-state index contributed by atoms with van der Waals surface area (Å²) in [6.45, 7) is 0.659. The van der Waals surface area contributed by atoms with Crippen LogP contribution >= 0.6 is 0 Å². The summed E-state index contributed by atoms with van der Waals surface area (Å²) in [6.07, 6.45) is 7.20. The molecule has 5 N–H and O–H groups in total. The van der Waals surface area contributed by atoms with Gasteiger partial charge in [-0.1, -0.05) is 18.2 Å². The summed E-state index contributed by atoms with van der Waals surface area (Å²) >= 11 is 0. The number of nitrogens with one attached hydrogen (secondary N) is 1. The first kappa shape index (κ1) is 10.3. The second-order valence-electron chi connectivity index (χ2n) is 3.13. The molecule has 0 amide bonds. The Morgan fingerprint density at radius 1 is 1.64 bits per heavy atom. The first-order valence-corrected chi connectivity index (χ1v) is 4.34. The minimum atomic E-state index is -0.0854. The molecule has 0 spiro atoms. The molecule has 0 aromatic carbocycles. The highest BCUT2D eigenvalue weighted by Crippen LogP contribution is 2.09. The van der Waals surface area contributed by atoms with E-state index in [2.05, 4.69) is 17.1 Å². The zero-order chi connectivity index (χ0) is 10.6. The Bertz CT molecular complexity index is 309. The van der Waals surface area contributed by atoms with Crippen molar-refractivity contribution in [1.29, 1.82) is 5.41 Å². The number of hydrogen-bond acceptors (Lipinski definition) is 1. The predicted octanol–water partition coefficient (Wildman–Crippen LogP) is 0.0127. The number of likely N-dealkylation sites (N-methyl/N-ethyl adjacent to an activating group) is 1. The van der Waals surface area contributed by atoms with Gasteiger partial charge in [0.25, 0.3) is 0 Å². The molecule has 0 aromatic heterocycles. The summed E-state index contributed by atoms with van der Waals surface area (Å²) in [5.74, 6) is -0.0102. The first-order valence-electron chi connectivity index (χ1n) is 4.34.